The van der Waals surface area contributed by atoms with Gasteiger partial charge in [0.2, 0.25) is 15.9 Å². The molecule has 3 rings (SSSR count). The Morgan fingerprint density at radius 2 is 1.82 bits per heavy atom. The second-order valence-corrected chi connectivity index (χ2v) is 10.2. The minimum Gasteiger partial charge on any atom is -0.493 e. The lowest BCUT2D eigenvalue weighted by Gasteiger charge is -2.36. The van der Waals surface area contributed by atoms with E-state index in [0.717, 1.165) is 24.9 Å². The summed E-state index contributed by atoms with van der Waals surface area (Å²) in [7, 11) is -0.444. The molecule has 2 N–H and O–H groups in total. The molecule has 0 radical (unpaired) electrons. The predicted octanol–water partition coefficient (Wildman–Crippen LogP) is 3.03. The lowest BCUT2D eigenvalue weighted by Crippen LogP contribution is -2.48. The summed E-state index contributed by atoms with van der Waals surface area (Å²) in [5.41, 5.74) is 1.64. The number of methoxy groups -OCH3 is 2. The van der Waals surface area contributed by atoms with Crippen LogP contribution in [0.4, 0.5) is 5.69 Å². The molecular formula is C24H33N3O5S. The highest BCUT2D eigenvalue weighted by molar-refractivity contribution is 7.89. The van der Waals surface area contributed by atoms with Gasteiger partial charge < -0.3 is 14.8 Å². The molecule has 1 fully saturated rings. The molecule has 9 heteroatoms. The Bertz CT molecular complexity index is 1060. The fourth-order valence-electron chi connectivity index (χ4n) is 3.97. The van der Waals surface area contributed by atoms with Crippen LogP contribution in [0.2, 0.25) is 0 Å². The first-order valence-corrected chi connectivity index (χ1v) is 12.5. The molecule has 8 nitrogen and oxygen atoms in total. The van der Waals surface area contributed by atoms with Crippen LogP contribution in [0.5, 0.6) is 11.5 Å². The average molecular weight is 476 g/mol. The van der Waals surface area contributed by atoms with Gasteiger partial charge in [-0.05, 0) is 63.4 Å². The molecule has 0 spiro atoms. The fourth-order valence-corrected chi connectivity index (χ4v) is 5.09. The van der Waals surface area contributed by atoms with Crippen molar-refractivity contribution < 1.29 is 22.7 Å². The van der Waals surface area contributed by atoms with Crippen LogP contribution in [-0.4, -0.2) is 59.1 Å². The molecule has 33 heavy (non-hydrogen) atoms. The third-order valence-electron chi connectivity index (χ3n) is 6.02. The molecule has 2 atom stereocenters. The summed E-state index contributed by atoms with van der Waals surface area (Å²) in [6, 6.07) is 11.7. The highest BCUT2D eigenvalue weighted by atomic mass is 32.2. The first-order valence-electron chi connectivity index (χ1n) is 11.1. The van der Waals surface area contributed by atoms with Crippen molar-refractivity contribution in [3.8, 4) is 11.5 Å². The predicted molar refractivity (Wildman–Crippen MR) is 128 cm³/mol. The summed E-state index contributed by atoms with van der Waals surface area (Å²) in [4.78, 5) is 15.2. The number of benzene rings is 2. The van der Waals surface area contributed by atoms with E-state index in [2.05, 4.69) is 14.9 Å². The lowest BCUT2D eigenvalue weighted by molar-refractivity contribution is -0.121. The van der Waals surface area contributed by atoms with Crippen LogP contribution < -0.4 is 19.5 Å². The van der Waals surface area contributed by atoms with Crippen molar-refractivity contribution in [3.05, 3.63) is 48.0 Å². The maximum atomic E-state index is 12.9. The number of carbonyl (C=O) groups is 1. The van der Waals surface area contributed by atoms with Gasteiger partial charge in [0.15, 0.2) is 11.5 Å². The van der Waals surface area contributed by atoms with Gasteiger partial charge in [0.25, 0.3) is 0 Å². The molecule has 0 aromatic heterocycles. The van der Waals surface area contributed by atoms with E-state index in [0.29, 0.717) is 30.3 Å². The maximum Gasteiger partial charge on any atom is 0.241 e. The molecule has 2 unspecified atom stereocenters. The monoisotopic (exact) mass is 475 g/mol. The highest BCUT2D eigenvalue weighted by Gasteiger charge is 2.28. The summed E-state index contributed by atoms with van der Waals surface area (Å²) in [5, 5.41) is 2.93. The zero-order chi connectivity index (χ0) is 24.0. The molecule has 1 aliphatic heterocycles. The molecule has 1 aliphatic rings. The molecule has 2 aromatic carbocycles. The van der Waals surface area contributed by atoms with Crippen molar-refractivity contribution in [2.75, 3.05) is 39.2 Å². The quantitative estimate of drug-likeness (QED) is 0.579. The van der Waals surface area contributed by atoms with Crippen molar-refractivity contribution in [1.29, 1.82) is 0 Å². The average Bonchev–Trinajstić information content (AvgIpc) is 2.82. The van der Waals surface area contributed by atoms with Crippen molar-refractivity contribution in [3.63, 3.8) is 0 Å². The fraction of sp³-hybridized carbons (Fsp3) is 0.458. The number of piperidine rings is 1. The van der Waals surface area contributed by atoms with Gasteiger partial charge in [0, 0.05) is 24.8 Å². The smallest absolute Gasteiger partial charge is 0.241 e. The number of ether oxygens (including phenoxy) is 2. The summed E-state index contributed by atoms with van der Waals surface area (Å²) >= 11 is 0. The molecule has 2 aromatic rings. The van der Waals surface area contributed by atoms with Gasteiger partial charge in [-0.1, -0.05) is 17.7 Å². The Balaban J connectivity index is 1.57. The number of rotatable bonds is 9. The van der Waals surface area contributed by atoms with Gasteiger partial charge in [0.05, 0.1) is 25.2 Å². The number of likely N-dealkylation sites (tertiary alicyclic amines) is 1. The summed E-state index contributed by atoms with van der Waals surface area (Å²) in [5.74, 6) is 1.15. The van der Waals surface area contributed by atoms with E-state index >= 15 is 0 Å². The van der Waals surface area contributed by atoms with Crippen molar-refractivity contribution in [2.45, 2.75) is 37.6 Å². The van der Waals surface area contributed by atoms with Crippen LogP contribution in [-0.2, 0) is 14.8 Å². The van der Waals surface area contributed by atoms with Crippen LogP contribution in [0.15, 0.2) is 47.4 Å². The number of nitrogens with zero attached hydrogens (tertiary/aromatic N) is 1. The minimum absolute atomic E-state index is 0.122. The van der Waals surface area contributed by atoms with Crippen LogP contribution in [0.3, 0.4) is 0 Å². The van der Waals surface area contributed by atoms with Gasteiger partial charge in [0.1, 0.15) is 0 Å². The van der Waals surface area contributed by atoms with Crippen LogP contribution in [0.1, 0.15) is 25.3 Å². The normalized spacial score (nSPS) is 17.9. The number of amides is 1. The van der Waals surface area contributed by atoms with Gasteiger partial charge in [-0.2, -0.15) is 0 Å². The number of hydrogen-bond acceptors (Lipinski definition) is 6. The molecule has 180 valence electrons. The first-order chi connectivity index (χ1) is 15.7. The van der Waals surface area contributed by atoms with Crippen LogP contribution >= 0.6 is 0 Å². The summed E-state index contributed by atoms with van der Waals surface area (Å²) in [6.07, 6.45) is 1.82. The molecule has 0 bridgehead atoms. The third kappa shape index (κ3) is 6.46. The number of hydrogen-bond donors (Lipinski definition) is 2. The zero-order valence-electron chi connectivity index (χ0n) is 19.6. The van der Waals surface area contributed by atoms with E-state index in [1.165, 1.54) is 0 Å². The summed E-state index contributed by atoms with van der Waals surface area (Å²) in [6.45, 7) is 5.58. The first kappa shape index (κ1) is 25.0. The molecule has 1 heterocycles. The van der Waals surface area contributed by atoms with Crippen LogP contribution in [0.25, 0.3) is 0 Å². The third-order valence-corrected chi connectivity index (χ3v) is 7.46. The Hall–Kier alpha value is -2.62. The number of carbonyl (C=O) groups excluding carboxylic acids is 1. The zero-order valence-corrected chi connectivity index (χ0v) is 20.4. The van der Waals surface area contributed by atoms with E-state index in [-0.39, 0.29) is 22.8 Å². The topological polar surface area (TPSA) is 97.0 Å². The maximum absolute atomic E-state index is 12.9. The SMILES string of the molecule is COc1ccc(NC(=O)C(C)N2CCCC(CNS(=O)(=O)c3ccc(C)cc3)C2)cc1OC. The summed E-state index contributed by atoms with van der Waals surface area (Å²) < 4.78 is 38.5. The van der Waals surface area contributed by atoms with Crippen molar-refractivity contribution in [1.82, 2.24) is 9.62 Å². The van der Waals surface area contributed by atoms with Gasteiger partial charge in [-0.3, -0.25) is 9.69 Å². The molecule has 1 saturated heterocycles. The largest absolute Gasteiger partial charge is 0.493 e. The molecular weight excluding hydrogens is 442 g/mol. The lowest BCUT2D eigenvalue weighted by atomic mass is 9.97. The Morgan fingerprint density at radius 1 is 1.12 bits per heavy atom. The van der Waals surface area contributed by atoms with Gasteiger partial charge >= 0.3 is 0 Å². The molecule has 0 saturated carbocycles. The number of nitrogens with one attached hydrogen (secondary N) is 2. The standard InChI is InChI=1S/C24H33N3O5S/c1-17-7-10-21(11-8-17)33(29,30)25-15-19-6-5-13-27(16-19)18(2)24(28)26-20-9-12-22(31-3)23(14-20)32-4/h7-12,14,18-19,25H,5-6,13,15-16H2,1-4H3,(H,26,28). The Labute approximate surface area is 196 Å². The van der Waals surface area contributed by atoms with Crippen molar-refractivity contribution >= 4 is 21.6 Å². The molecule has 0 aliphatic carbocycles. The number of sulfonamides is 1. The van der Waals surface area contributed by atoms with Gasteiger partial charge in [-0.15, -0.1) is 0 Å². The number of anilines is 1. The van der Waals surface area contributed by atoms with E-state index < -0.39 is 10.0 Å². The minimum atomic E-state index is -3.55. The Morgan fingerprint density at radius 3 is 2.48 bits per heavy atom. The van der Waals surface area contributed by atoms with E-state index in [1.54, 1.807) is 56.7 Å². The second-order valence-electron chi connectivity index (χ2n) is 8.40. The van der Waals surface area contributed by atoms with E-state index in [4.69, 9.17) is 9.47 Å². The highest BCUT2D eigenvalue weighted by Crippen LogP contribution is 2.30. The van der Waals surface area contributed by atoms with Crippen molar-refractivity contribution in [2.24, 2.45) is 5.92 Å². The van der Waals surface area contributed by atoms with E-state index in [9.17, 15) is 13.2 Å². The van der Waals surface area contributed by atoms with Gasteiger partial charge in [-0.25, -0.2) is 13.1 Å². The molecule has 1 amide bonds. The van der Waals surface area contributed by atoms with Crippen LogP contribution in [0, 0.1) is 12.8 Å². The Kier molecular flexibility index (Phi) is 8.34. The second kappa shape index (κ2) is 11.0. The number of aryl methyl sites for hydroxylation is 1. The van der Waals surface area contributed by atoms with E-state index in [1.807, 2.05) is 13.8 Å².